The van der Waals surface area contributed by atoms with Gasteiger partial charge in [0.15, 0.2) is 0 Å². The zero-order valence-corrected chi connectivity index (χ0v) is 23.2. The van der Waals surface area contributed by atoms with Crippen molar-refractivity contribution >= 4 is 33.7 Å². The van der Waals surface area contributed by atoms with Gasteiger partial charge in [-0.2, -0.15) is 0 Å². The number of nitrogens with one attached hydrogen (secondary N) is 2. The van der Waals surface area contributed by atoms with Crippen LogP contribution >= 0.6 is 15.9 Å². The number of benzene rings is 1. The predicted molar refractivity (Wildman–Crippen MR) is 139 cm³/mol. The summed E-state index contributed by atoms with van der Waals surface area (Å²) in [5.74, 6) is -2.17. The lowest BCUT2D eigenvalue weighted by Gasteiger charge is -2.38. The van der Waals surface area contributed by atoms with E-state index in [0.717, 1.165) is 5.56 Å². The van der Waals surface area contributed by atoms with Crippen molar-refractivity contribution in [3.8, 4) is 0 Å². The number of aliphatic hydroxyl groups excluding tert-OH is 1. The van der Waals surface area contributed by atoms with Gasteiger partial charge >= 0.3 is 0 Å². The highest BCUT2D eigenvalue weighted by Crippen LogP contribution is 2.60. The van der Waals surface area contributed by atoms with Gasteiger partial charge in [-0.25, -0.2) is 0 Å². The second-order valence-electron chi connectivity index (χ2n) is 11.8. The fraction of sp³-hybridized carbons (Fsp3) is 0.667. The predicted octanol–water partition coefficient (Wildman–Crippen LogP) is 2.37. The van der Waals surface area contributed by atoms with Crippen LogP contribution in [0.2, 0.25) is 0 Å². The van der Waals surface area contributed by atoms with E-state index in [0.29, 0.717) is 19.4 Å². The van der Waals surface area contributed by atoms with Gasteiger partial charge in [0.25, 0.3) is 0 Å². The molecule has 9 heteroatoms. The van der Waals surface area contributed by atoms with E-state index in [1.54, 1.807) is 0 Å². The summed E-state index contributed by atoms with van der Waals surface area (Å²) in [4.78, 5) is 42.7. The third-order valence-corrected chi connectivity index (χ3v) is 8.28. The lowest BCUT2D eigenvalue weighted by atomic mass is 9.70. The van der Waals surface area contributed by atoms with Crippen molar-refractivity contribution in [1.29, 1.82) is 0 Å². The SMILES string of the molecule is CC(C)C[C@H](CO)N1C(=O)[C@@H]2[C@H](C(=O)NCc3ccccc3)[C@H]3OC2(CC3Br)C1C(=O)NC(C)(C)C. The van der Waals surface area contributed by atoms with Gasteiger partial charge in [0, 0.05) is 16.9 Å². The van der Waals surface area contributed by atoms with Crippen LogP contribution in [0.25, 0.3) is 0 Å². The van der Waals surface area contributed by atoms with Crippen LogP contribution < -0.4 is 10.6 Å². The van der Waals surface area contributed by atoms with Gasteiger partial charge in [0.05, 0.1) is 30.6 Å². The highest BCUT2D eigenvalue weighted by atomic mass is 79.9. The van der Waals surface area contributed by atoms with Crippen molar-refractivity contribution < 1.29 is 24.2 Å². The minimum absolute atomic E-state index is 0.170. The number of hydrogen-bond donors (Lipinski definition) is 3. The largest absolute Gasteiger partial charge is 0.394 e. The summed E-state index contributed by atoms with van der Waals surface area (Å²) in [6, 6.07) is 8.12. The van der Waals surface area contributed by atoms with Crippen LogP contribution in [0.5, 0.6) is 0 Å². The van der Waals surface area contributed by atoms with Crippen LogP contribution in [0.15, 0.2) is 30.3 Å². The Morgan fingerprint density at radius 1 is 1.22 bits per heavy atom. The molecule has 4 rings (SSSR count). The fourth-order valence-corrected chi connectivity index (χ4v) is 7.16. The lowest BCUT2D eigenvalue weighted by Crippen LogP contribution is -2.60. The Kier molecular flexibility index (Phi) is 7.57. The van der Waals surface area contributed by atoms with E-state index in [4.69, 9.17) is 4.74 Å². The molecule has 3 heterocycles. The highest BCUT2D eigenvalue weighted by Gasteiger charge is 2.77. The molecule has 3 saturated heterocycles. The Bertz CT molecular complexity index is 997. The van der Waals surface area contributed by atoms with Gasteiger partial charge in [-0.15, -0.1) is 0 Å². The summed E-state index contributed by atoms with van der Waals surface area (Å²) in [5, 5.41) is 16.3. The van der Waals surface area contributed by atoms with E-state index in [-0.39, 0.29) is 35.1 Å². The minimum atomic E-state index is -1.13. The number of hydrogen-bond acceptors (Lipinski definition) is 5. The molecule has 3 aliphatic heterocycles. The van der Waals surface area contributed by atoms with Gasteiger partial charge < -0.3 is 25.4 Å². The van der Waals surface area contributed by atoms with Gasteiger partial charge in [-0.3, -0.25) is 14.4 Å². The number of amides is 3. The van der Waals surface area contributed by atoms with E-state index >= 15 is 0 Å². The first-order chi connectivity index (χ1) is 16.9. The van der Waals surface area contributed by atoms with Crippen molar-refractivity contribution in [2.45, 2.75) is 88.2 Å². The van der Waals surface area contributed by atoms with Crippen LogP contribution in [0.3, 0.4) is 0 Å². The molecule has 0 aromatic heterocycles. The number of ether oxygens (including phenoxy) is 1. The minimum Gasteiger partial charge on any atom is -0.394 e. The Balaban J connectivity index is 1.70. The van der Waals surface area contributed by atoms with Crippen molar-refractivity contribution in [1.82, 2.24) is 15.5 Å². The van der Waals surface area contributed by atoms with Crippen LogP contribution in [0, 0.1) is 17.8 Å². The monoisotopic (exact) mass is 563 g/mol. The Morgan fingerprint density at radius 3 is 2.47 bits per heavy atom. The van der Waals surface area contributed by atoms with E-state index in [1.807, 2.05) is 65.0 Å². The number of fused-ring (bicyclic) bond motifs is 1. The molecule has 1 spiro atoms. The molecule has 3 unspecified atom stereocenters. The van der Waals surface area contributed by atoms with Crippen molar-refractivity contribution in [3.63, 3.8) is 0 Å². The maximum atomic E-state index is 14.1. The van der Waals surface area contributed by atoms with Crippen LogP contribution in [-0.2, 0) is 25.7 Å². The number of nitrogens with zero attached hydrogens (tertiary/aromatic N) is 1. The van der Waals surface area contributed by atoms with E-state index in [9.17, 15) is 19.5 Å². The number of halogens is 1. The van der Waals surface area contributed by atoms with E-state index in [2.05, 4.69) is 26.6 Å². The highest BCUT2D eigenvalue weighted by molar-refractivity contribution is 9.09. The molecule has 36 heavy (non-hydrogen) atoms. The third kappa shape index (κ3) is 4.82. The maximum absolute atomic E-state index is 14.1. The Morgan fingerprint density at radius 2 is 1.89 bits per heavy atom. The second kappa shape index (κ2) is 10.1. The molecular weight excluding hydrogens is 526 g/mol. The first-order valence-corrected chi connectivity index (χ1v) is 13.7. The van der Waals surface area contributed by atoms with Gasteiger partial charge in [0.2, 0.25) is 17.7 Å². The molecule has 0 radical (unpaired) electrons. The Hall–Kier alpha value is -1.97. The van der Waals surface area contributed by atoms with E-state index in [1.165, 1.54) is 4.90 Å². The molecule has 0 aliphatic carbocycles. The summed E-state index contributed by atoms with van der Waals surface area (Å²) in [6.45, 7) is 9.77. The van der Waals surface area contributed by atoms with Crippen LogP contribution in [0.4, 0.5) is 0 Å². The topological polar surface area (TPSA) is 108 Å². The van der Waals surface area contributed by atoms with Crippen molar-refractivity contribution in [3.05, 3.63) is 35.9 Å². The number of carbonyl (C=O) groups excluding carboxylic acids is 3. The molecular formula is C27H38BrN3O5. The quantitative estimate of drug-likeness (QED) is 0.421. The Labute approximate surface area is 221 Å². The molecule has 0 saturated carbocycles. The van der Waals surface area contributed by atoms with Crippen molar-refractivity contribution in [2.24, 2.45) is 17.8 Å². The summed E-state index contributed by atoms with van der Waals surface area (Å²) in [7, 11) is 0. The zero-order valence-electron chi connectivity index (χ0n) is 21.7. The first kappa shape index (κ1) is 27.1. The maximum Gasteiger partial charge on any atom is 0.246 e. The number of rotatable bonds is 8. The normalized spacial score (nSPS) is 32.1. The van der Waals surface area contributed by atoms with E-state index < -0.39 is 41.2 Å². The number of likely N-dealkylation sites (tertiary alicyclic amines) is 1. The molecule has 1 aromatic carbocycles. The standard InChI is InChI=1S/C27H38BrN3O5/c1-15(2)11-17(14-32)31-22(24(34)30-26(3,4)5)27-12-18(28)21(36-27)19(20(27)25(31)35)23(33)29-13-16-9-7-6-8-10-16/h6-10,15,17-22,32H,11-14H2,1-5H3,(H,29,33)(H,30,34)/t17-,18?,19+,20+,21+,22?,27?/m1/s1. The van der Waals surface area contributed by atoms with Gasteiger partial charge in [-0.05, 0) is 45.1 Å². The first-order valence-electron chi connectivity index (χ1n) is 12.8. The van der Waals surface area contributed by atoms with Gasteiger partial charge in [-0.1, -0.05) is 60.1 Å². The number of alkyl halides is 1. The molecule has 2 bridgehead atoms. The number of carbonyl (C=O) groups is 3. The third-order valence-electron chi connectivity index (χ3n) is 7.43. The molecule has 3 aliphatic rings. The summed E-state index contributed by atoms with van der Waals surface area (Å²) < 4.78 is 6.52. The second-order valence-corrected chi connectivity index (χ2v) is 13.0. The zero-order chi connectivity index (χ0) is 26.4. The fourth-order valence-electron chi connectivity index (χ4n) is 6.22. The van der Waals surface area contributed by atoms with Crippen LogP contribution in [0.1, 0.15) is 53.0 Å². The number of aliphatic hydroxyl groups is 1. The molecule has 3 amide bonds. The molecule has 198 valence electrons. The van der Waals surface area contributed by atoms with Gasteiger partial charge in [0.1, 0.15) is 11.6 Å². The van der Waals surface area contributed by atoms with Crippen molar-refractivity contribution in [2.75, 3.05) is 6.61 Å². The smallest absolute Gasteiger partial charge is 0.246 e. The average Bonchev–Trinajstić information content (AvgIpc) is 3.38. The van der Waals surface area contributed by atoms with Crippen LogP contribution in [-0.4, -0.2) is 68.5 Å². The summed E-state index contributed by atoms with van der Waals surface area (Å²) >= 11 is 3.69. The summed E-state index contributed by atoms with van der Waals surface area (Å²) in [6.07, 6.45) is 0.463. The molecule has 3 fully saturated rings. The molecule has 8 nitrogen and oxygen atoms in total. The molecule has 3 N–H and O–H groups in total. The summed E-state index contributed by atoms with van der Waals surface area (Å²) in [5.41, 5.74) is -0.701. The average molecular weight is 565 g/mol. The lowest BCUT2D eigenvalue weighted by molar-refractivity contribution is -0.146. The molecule has 7 atom stereocenters. The molecule has 1 aromatic rings.